The van der Waals surface area contributed by atoms with E-state index in [0.717, 1.165) is 6.54 Å². The zero-order valence-corrected chi connectivity index (χ0v) is 17.4. The van der Waals surface area contributed by atoms with E-state index in [1.165, 1.54) is 0 Å². The van der Waals surface area contributed by atoms with Gasteiger partial charge in [0.15, 0.2) is 6.17 Å². The first-order valence-electron chi connectivity index (χ1n) is 9.74. The fraction of sp³-hybridized carbons (Fsp3) is 0.550. The molecule has 1 rings (SSSR count). The van der Waals surface area contributed by atoms with Gasteiger partial charge in [-0.25, -0.2) is 0 Å². The van der Waals surface area contributed by atoms with E-state index in [-0.39, 0.29) is 18.2 Å². The van der Waals surface area contributed by atoms with Crippen LogP contribution in [0.15, 0.2) is 24.3 Å². The van der Waals surface area contributed by atoms with Gasteiger partial charge in [-0.2, -0.15) is 0 Å². The summed E-state index contributed by atoms with van der Waals surface area (Å²) < 4.78 is 5.49. The molecule has 1 atom stereocenters. The summed E-state index contributed by atoms with van der Waals surface area (Å²) in [5, 5.41) is 17.1. The Morgan fingerprint density at radius 1 is 1.10 bits per heavy atom. The smallest absolute Gasteiger partial charge is 0.303 e. The Bertz CT molecular complexity index is 649. The first kappa shape index (κ1) is 24.2. The molecule has 1 aromatic rings. The Balaban J connectivity index is 2.60. The van der Waals surface area contributed by atoms with E-state index >= 15 is 0 Å². The van der Waals surface area contributed by atoms with Gasteiger partial charge in [-0.3, -0.25) is 14.4 Å². The molecule has 4 N–H and O–H groups in total. The maximum atomic E-state index is 12.3. The Hall–Kier alpha value is -2.81. The number of aliphatic carboxylic acids is 1. The zero-order valence-electron chi connectivity index (χ0n) is 17.4. The second-order valence-corrected chi connectivity index (χ2v) is 6.82. The van der Waals surface area contributed by atoms with Crippen molar-refractivity contribution in [2.75, 3.05) is 39.1 Å². The minimum atomic E-state index is -0.885. The van der Waals surface area contributed by atoms with Crippen molar-refractivity contribution >= 4 is 23.5 Å². The Kier molecular flexibility index (Phi) is 11.2. The molecule has 0 heterocycles. The van der Waals surface area contributed by atoms with Crippen molar-refractivity contribution in [3.05, 3.63) is 24.3 Å². The summed E-state index contributed by atoms with van der Waals surface area (Å²) in [4.78, 5) is 37.0. The lowest BCUT2D eigenvalue weighted by Gasteiger charge is -2.21. The molecule has 1 unspecified atom stereocenters. The molecule has 1 aromatic carbocycles. The summed E-state index contributed by atoms with van der Waals surface area (Å²) in [6, 6.07) is 6.90. The monoisotopic (exact) mass is 408 g/mol. The van der Waals surface area contributed by atoms with Crippen LogP contribution in [0.4, 0.5) is 5.69 Å². The van der Waals surface area contributed by atoms with Crippen molar-refractivity contribution in [1.29, 1.82) is 0 Å². The van der Waals surface area contributed by atoms with Gasteiger partial charge in [-0.15, -0.1) is 0 Å². The number of anilines is 1. The number of rotatable bonds is 14. The third-order valence-corrected chi connectivity index (χ3v) is 3.90. The van der Waals surface area contributed by atoms with Crippen LogP contribution in [-0.4, -0.2) is 67.7 Å². The summed E-state index contributed by atoms with van der Waals surface area (Å²) in [7, 11) is 3.88. The standard InChI is InChI=1S/C20H32N4O5/c1-4-21-20(28)19(23-17(25)7-5-13-24(2)3)22-15-9-11-16(12-10-15)29-14-6-8-18(26)27/h9-12,19,22H,4-8,13-14H2,1-3H3,(H,21,28)(H,23,25)(H,26,27). The van der Waals surface area contributed by atoms with Crippen LogP contribution in [0, 0.1) is 0 Å². The van der Waals surface area contributed by atoms with E-state index in [2.05, 4.69) is 16.0 Å². The molecule has 29 heavy (non-hydrogen) atoms. The average Bonchev–Trinajstić information content (AvgIpc) is 2.65. The largest absolute Gasteiger partial charge is 0.494 e. The molecular formula is C20H32N4O5. The number of hydrogen-bond donors (Lipinski definition) is 4. The molecular weight excluding hydrogens is 376 g/mol. The Morgan fingerprint density at radius 3 is 2.38 bits per heavy atom. The minimum Gasteiger partial charge on any atom is -0.494 e. The highest BCUT2D eigenvalue weighted by atomic mass is 16.5. The number of benzene rings is 1. The second-order valence-electron chi connectivity index (χ2n) is 6.82. The molecule has 0 saturated heterocycles. The number of carboxylic acids is 1. The van der Waals surface area contributed by atoms with Crippen molar-refractivity contribution in [1.82, 2.24) is 15.5 Å². The van der Waals surface area contributed by atoms with E-state index in [1.807, 2.05) is 25.9 Å². The van der Waals surface area contributed by atoms with Crippen LogP contribution < -0.4 is 20.7 Å². The van der Waals surface area contributed by atoms with Crippen LogP contribution in [-0.2, 0) is 14.4 Å². The van der Waals surface area contributed by atoms with Gasteiger partial charge in [0, 0.05) is 25.1 Å². The van der Waals surface area contributed by atoms with Crippen molar-refractivity contribution in [3.63, 3.8) is 0 Å². The molecule has 0 aromatic heterocycles. The van der Waals surface area contributed by atoms with Crippen molar-refractivity contribution in [3.8, 4) is 5.75 Å². The Labute approximate surface area is 171 Å². The number of carboxylic acid groups (broad SMARTS) is 1. The maximum Gasteiger partial charge on any atom is 0.303 e. The fourth-order valence-corrected chi connectivity index (χ4v) is 2.46. The van der Waals surface area contributed by atoms with Gasteiger partial charge in [0.2, 0.25) is 5.91 Å². The van der Waals surface area contributed by atoms with E-state index in [4.69, 9.17) is 9.84 Å². The van der Waals surface area contributed by atoms with Crippen LogP contribution in [0.1, 0.15) is 32.6 Å². The van der Waals surface area contributed by atoms with Gasteiger partial charge in [-0.1, -0.05) is 0 Å². The SMILES string of the molecule is CCNC(=O)C(NC(=O)CCCN(C)C)Nc1ccc(OCCCC(=O)O)cc1. The van der Waals surface area contributed by atoms with Crippen molar-refractivity contribution in [2.24, 2.45) is 0 Å². The molecule has 0 aliphatic rings. The zero-order chi connectivity index (χ0) is 21.6. The number of ether oxygens (including phenoxy) is 1. The molecule has 0 saturated carbocycles. The molecule has 0 fully saturated rings. The Morgan fingerprint density at radius 2 is 1.79 bits per heavy atom. The highest BCUT2D eigenvalue weighted by molar-refractivity contribution is 5.89. The summed E-state index contributed by atoms with van der Waals surface area (Å²) in [5.74, 6) is -0.770. The van der Waals surface area contributed by atoms with Crippen molar-refractivity contribution in [2.45, 2.75) is 38.8 Å². The van der Waals surface area contributed by atoms with Gasteiger partial charge in [-0.05, 0) is 64.7 Å². The summed E-state index contributed by atoms with van der Waals surface area (Å²) >= 11 is 0. The topological polar surface area (TPSA) is 120 Å². The van der Waals surface area contributed by atoms with Gasteiger partial charge in [0.25, 0.3) is 5.91 Å². The number of amides is 2. The maximum absolute atomic E-state index is 12.3. The summed E-state index contributed by atoms with van der Waals surface area (Å²) in [6.45, 7) is 3.37. The van der Waals surface area contributed by atoms with Crippen LogP contribution in [0.25, 0.3) is 0 Å². The molecule has 2 amide bonds. The lowest BCUT2D eigenvalue weighted by atomic mass is 10.2. The number of nitrogens with one attached hydrogen (secondary N) is 3. The van der Waals surface area contributed by atoms with E-state index in [0.29, 0.717) is 43.9 Å². The predicted molar refractivity (Wildman–Crippen MR) is 111 cm³/mol. The molecule has 162 valence electrons. The highest BCUT2D eigenvalue weighted by Crippen LogP contribution is 2.16. The van der Waals surface area contributed by atoms with Gasteiger partial charge >= 0.3 is 5.97 Å². The predicted octanol–water partition coefficient (Wildman–Crippen LogP) is 1.26. The number of hydrogen-bond acceptors (Lipinski definition) is 6. The van der Waals surface area contributed by atoms with Crippen LogP contribution in [0.5, 0.6) is 5.75 Å². The highest BCUT2D eigenvalue weighted by Gasteiger charge is 2.20. The first-order valence-corrected chi connectivity index (χ1v) is 9.74. The normalized spacial score (nSPS) is 11.6. The number of nitrogens with zero attached hydrogens (tertiary/aromatic N) is 1. The van der Waals surface area contributed by atoms with Gasteiger partial charge in [0.1, 0.15) is 5.75 Å². The number of carbonyl (C=O) groups excluding carboxylic acids is 2. The van der Waals surface area contributed by atoms with Crippen LogP contribution in [0.3, 0.4) is 0 Å². The van der Waals surface area contributed by atoms with E-state index in [9.17, 15) is 14.4 Å². The summed E-state index contributed by atoms with van der Waals surface area (Å²) in [6.07, 6.45) is 0.633. The molecule has 0 bridgehead atoms. The third-order valence-electron chi connectivity index (χ3n) is 3.90. The molecule has 0 spiro atoms. The number of carbonyl (C=O) groups is 3. The van der Waals surface area contributed by atoms with E-state index in [1.54, 1.807) is 24.3 Å². The van der Waals surface area contributed by atoms with Crippen LogP contribution >= 0.6 is 0 Å². The summed E-state index contributed by atoms with van der Waals surface area (Å²) in [5.41, 5.74) is 0.646. The lowest BCUT2D eigenvalue weighted by Crippen LogP contribution is -2.51. The second kappa shape index (κ2) is 13.4. The third kappa shape index (κ3) is 10.9. The quantitative estimate of drug-likeness (QED) is 0.270. The molecule has 0 aliphatic carbocycles. The first-order chi connectivity index (χ1) is 13.8. The fourth-order valence-electron chi connectivity index (χ4n) is 2.46. The number of likely N-dealkylation sites (N-methyl/N-ethyl adjacent to an activating group) is 1. The minimum absolute atomic E-state index is 0.0576. The van der Waals surface area contributed by atoms with Crippen LogP contribution in [0.2, 0.25) is 0 Å². The van der Waals surface area contributed by atoms with Gasteiger partial charge < -0.3 is 30.7 Å². The van der Waals surface area contributed by atoms with Gasteiger partial charge in [0.05, 0.1) is 6.61 Å². The molecule has 9 heteroatoms. The lowest BCUT2D eigenvalue weighted by molar-refractivity contribution is -0.137. The van der Waals surface area contributed by atoms with Crippen molar-refractivity contribution < 1.29 is 24.2 Å². The average molecular weight is 408 g/mol. The molecule has 0 aliphatic heterocycles. The molecule has 9 nitrogen and oxygen atoms in total. The molecule has 0 radical (unpaired) electrons. The van der Waals surface area contributed by atoms with E-state index < -0.39 is 12.1 Å².